The maximum absolute atomic E-state index is 14.1. The molecule has 5 rings (SSSR count). The normalized spacial score (nSPS) is 12.1. The van der Waals surface area contributed by atoms with Gasteiger partial charge in [-0.3, -0.25) is 4.79 Å². The highest BCUT2D eigenvalue weighted by molar-refractivity contribution is 5.96. The number of aromatic nitrogens is 2. The summed E-state index contributed by atoms with van der Waals surface area (Å²) in [7, 11) is 0. The van der Waals surface area contributed by atoms with Gasteiger partial charge in [0.25, 0.3) is 11.8 Å². The minimum absolute atomic E-state index is 0.0629. The molecule has 0 spiro atoms. The van der Waals surface area contributed by atoms with E-state index in [9.17, 15) is 23.5 Å². The third-order valence-electron chi connectivity index (χ3n) is 7.07. The number of nitrogens with zero attached hydrogens (tertiary/aromatic N) is 2. The average molecular weight is 582 g/mol. The number of hydrogen-bond acceptors (Lipinski definition) is 5. The van der Waals surface area contributed by atoms with Crippen molar-refractivity contribution in [3.63, 3.8) is 0 Å². The number of halogens is 2. The lowest BCUT2D eigenvalue weighted by Crippen LogP contribution is -2.42. The lowest BCUT2D eigenvalue weighted by molar-refractivity contribution is -0.139. The number of carboxylic acid groups (broad SMARTS) is 1. The monoisotopic (exact) mass is 581 g/mol. The van der Waals surface area contributed by atoms with Gasteiger partial charge in [-0.1, -0.05) is 74.5 Å². The molecule has 1 heterocycles. The fourth-order valence-corrected chi connectivity index (χ4v) is 4.56. The standard InChI is InChI=1S/C34H29F2N3O4/c1-34(2,3)25-14-12-23(13-15-25)31(40)37-29(33(41)42)18-20-4-6-22(7-5-20)30-38-32(43-39-30)24-10-8-21(9-11-24)27-19-26(35)16-17-28(27)36/h4-17,19,29H,18H2,1-3H3,(H,37,40)(H,41,42)/t29-/m0/s1. The van der Waals surface area contributed by atoms with Crippen molar-refractivity contribution >= 4 is 11.9 Å². The number of nitrogens with one attached hydrogen (secondary N) is 1. The van der Waals surface area contributed by atoms with Gasteiger partial charge in [0.05, 0.1) is 0 Å². The summed E-state index contributed by atoms with van der Waals surface area (Å²) in [5.41, 5.74) is 4.00. The van der Waals surface area contributed by atoms with Gasteiger partial charge >= 0.3 is 5.97 Å². The lowest BCUT2D eigenvalue weighted by Gasteiger charge is -2.19. The third kappa shape index (κ3) is 6.83. The quantitative estimate of drug-likeness (QED) is 0.203. The number of aliphatic carboxylic acids is 1. The zero-order valence-electron chi connectivity index (χ0n) is 23.8. The molecule has 1 atom stereocenters. The lowest BCUT2D eigenvalue weighted by atomic mass is 9.86. The van der Waals surface area contributed by atoms with Gasteiger partial charge in [0.1, 0.15) is 17.7 Å². The van der Waals surface area contributed by atoms with E-state index in [1.807, 2.05) is 12.1 Å². The molecule has 0 fully saturated rings. The number of amides is 1. The minimum Gasteiger partial charge on any atom is -0.480 e. The molecule has 1 amide bonds. The number of carbonyl (C=O) groups excluding carboxylic acids is 1. The SMILES string of the molecule is CC(C)(C)c1ccc(C(=O)N[C@@H](Cc2ccc(-c3noc(-c4ccc(-c5cc(F)ccc5F)cc4)n3)cc2)C(=O)O)cc1. The van der Waals surface area contributed by atoms with Crippen LogP contribution in [0.4, 0.5) is 8.78 Å². The molecule has 0 saturated carbocycles. The molecule has 9 heteroatoms. The maximum atomic E-state index is 14.1. The van der Waals surface area contributed by atoms with Gasteiger partial charge in [0.15, 0.2) is 0 Å². The molecule has 43 heavy (non-hydrogen) atoms. The highest BCUT2D eigenvalue weighted by atomic mass is 19.1. The van der Waals surface area contributed by atoms with E-state index < -0.39 is 29.6 Å². The second-order valence-electron chi connectivity index (χ2n) is 11.2. The molecule has 4 aromatic carbocycles. The summed E-state index contributed by atoms with van der Waals surface area (Å²) in [6, 6.07) is 22.9. The van der Waals surface area contributed by atoms with Crippen LogP contribution in [0, 0.1) is 11.6 Å². The first-order valence-electron chi connectivity index (χ1n) is 13.6. The van der Waals surface area contributed by atoms with Gasteiger partial charge < -0.3 is 14.9 Å². The highest BCUT2D eigenvalue weighted by Crippen LogP contribution is 2.28. The van der Waals surface area contributed by atoms with Crippen LogP contribution in [0.5, 0.6) is 0 Å². The Hall–Kier alpha value is -5.18. The summed E-state index contributed by atoms with van der Waals surface area (Å²) in [4.78, 5) is 29.1. The second-order valence-corrected chi connectivity index (χ2v) is 11.2. The third-order valence-corrected chi connectivity index (χ3v) is 7.07. The number of rotatable bonds is 8. The number of benzene rings is 4. The van der Waals surface area contributed by atoms with Gasteiger partial charge in [-0.15, -0.1) is 0 Å². The van der Waals surface area contributed by atoms with Crippen LogP contribution >= 0.6 is 0 Å². The van der Waals surface area contributed by atoms with Crippen LogP contribution in [0.2, 0.25) is 0 Å². The summed E-state index contributed by atoms with van der Waals surface area (Å²) in [5, 5.41) is 16.4. The maximum Gasteiger partial charge on any atom is 0.326 e. The van der Waals surface area contributed by atoms with Crippen molar-refractivity contribution in [2.24, 2.45) is 0 Å². The zero-order chi connectivity index (χ0) is 30.7. The topological polar surface area (TPSA) is 105 Å². The van der Waals surface area contributed by atoms with Crippen LogP contribution in [0.3, 0.4) is 0 Å². The second kappa shape index (κ2) is 12.0. The number of hydrogen-bond donors (Lipinski definition) is 2. The van der Waals surface area contributed by atoms with E-state index in [2.05, 4.69) is 36.2 Å². The first kappa shape index (κ1) is 29.3. The van der Waals surface area contributed by atoms with Gasteiger partial charge in [-0.05, 0) is 64.6 Å². The Kier molecular flexibility index (Phi) is 8.16. The Morgan fingerprint density at radius 1 is 0.860 bits per heavy atom. The van der Waals surface area contributed by atoms with E-state index in [1.165, 1.54) is 0 Å². The van der Waals surface area contributed by atoms with Crippen LogP contribution in [-0.4, -0.2) is 33.2 Å². The van der Waals surface area contributed by atoms with Crippen LogP contribution in [-0.2, 0) is 16.6 Å². The van der Waals surface area contributed by atoms with E-state index in [1.54, 1.807) is 60.7 Å². The van der Waals surface area contributed by atoms with Crippen molar-refractivity contribution in [3.05, 3.63) is 119 Å². The van der Waals surface area contributed by atoms with E-state index in [0.29, 0.717) is 33.6 Å². The van der Waals surface area contributed by atoms with Crippen LogP contribution in [0.25, 0.3) is 34.0 Å². The van der Waals surface area contributed by atoms with Crippen molar-refractivity contribution in [3.8, 4) is 34.0 Å². The van der Waals surface area contributed by atoms with E-state index in [-0.39, 0.29) is 23.3 Å². The molecule has 0 aliphatic carbocycles. The molecule has 218 valence electrons. The number of carbonyl (C=O) groups is 2. The Labute approximate surface area is 247 Å². The Morgan fingerprint density at radius 3 is 2.12 bits per heavy atom. The van der Waals surface area contributed by atoms with Gasteiger partial charge in [0, 0.05) is 28.7 Å². The fraction of sp³-hybridized carbons (Fsp3) is 0.176. The summed E-state index contributed by atoms with van der Waals surface area (Å²) >= 11 is 0. The van der Waals surface area contributed by atoms with Gasteiger partial charge in [-0.25, -0.2) is 13.6 Å². The van der Waals surface area contributed by atoms with Crippen LogP contribution in [0.15, 0.2) is 95.5 Å². The molecular weight excluding hydrogens is 552 g/mol. The predicted octanol–water partition coefficient (Wildman–Crippen LogP) is 7.07. The molecular formula is C34H29F2N3O4. The highest BCUT2D eigenvalue weighted by Gasteiger charge is 2.22. The molecule has 0 aliphatic heterocycles. The Balaban J connectivity index is 1.25. The zero-order valence-corrected chi connectivity index (χ0v) is 23.8. The molecule has 0 radical (unpaired) electrons. The minimum atomic E-state index is -1.14. The van der Waals surface area contributed by atoms with E-state index in [0.717, 1.165) is 23.8 Å². The van der Waals surface area contributed by atoms with Crippen molar-refractivity contribution in [2.45, 2.75) is 38.6 Å². The summed E-state index contributed by atoms with van der Waals surface area (Å²) in [6.45, 7) is 6.22. The summed E-state index contributed by atoms with van der Waals surface area (Å²) in [6.07, 6.45) is 0.0805. The average Bonchev–Trinajstić information content (AvgIpc) is 3.48. The van der Waals surface area contributed by atoms with Gasteiger partial charge in [-0.2, -0.15) is 4.98 Å². The first-order valence-corrected chi connectivity index (χ1v) is 13.6. The Morgan fingerprint density at radius 2 is 1.49 bits per heavy atom. The fourth-order valence-electron chi connectivity index (χ4n) is 4.56. The van der Waals surface area contributed by atoms with E-state index in [4.69, 9.17) is 4.52 Å². The van der Waals surface area contributed by atoms with Gasteiger partial charge in [0.2, 0.25) is 5.82 Å². The molecule has 0 unspecified atom stereocenters. The van der Waals surface area contributed by atoms with Crippen molar-refractivity contribution in [1.82, 2.24) is 15.5 Å². The van der Waals surface area contributed by atoms with Crippen molar-refractivity contribution in [2.75, 3.05) is 0 Å². The predicted molar refractivity (Wildman–Crippen MR) is 158 cm³/mol. The van der Waals surface area contributed by atoms with E-state index >= 15 is 0 Å². The molecule has 0 aliphatic rings. The van der Waals surface area contributed by atoms with Crippen molar-refractivity contribution < 1.29 is 28.0 Å². The summed E-state index contributed by atoms with van der Waals surface area (Å²) in [5.74, 6) is -2.09. The molecule has 0 saturated heterocycles. The largest absolute Gasteiger partial charge is 0.480 e. The molecule has 2 N–H and O–H groups in total. The van der Waals surface area contributed by atoms with Crippen molar-refractivity contribution in [1.29, 1.82) is 0 Å². The molecule has 7 nitrogen and oxygen atoms in total. The van der Waals surface area contributed by atoms with Crippen LogP contribution in [0.1, 0.15) is 42.3 Å². The smallest absolute Gasteiger partial charge is 0.326 e. The summed E-state index contributed by atoms with van der Waals surface area (Å²) < 4.78 is 33.1. The van der Waals surface area contributed by atoms with Crippen LogP contribution < -0.4 is 5.32 Å². The Bertz CT molecular complexity index is 1760. The molecule has 1 aromatic heterocycles. The first-order chi connectivity index (χ1) is 20.5. The molecule has 0 bridgehead atoms. The molecule has 5 aromatic rings. The number of carboxylic acids is 1.